The summed E-state index contributed by atoms with van der Waals surface area (Å²) in [6.45, 7) is 0. The third kappa shape index (κ3) is 1.10. The summed E-state index contributed by atoms with van der Waals surface area (Å²) in [5.74, 6) is -0.0492. The van der Waals surface area contributed by atoms with Crippen molar-refractivity contribution in [2.24, 2.45) is 0 Å². The molecular weight excluding hydrogens is 172 g/mol. The van der Waals surface area contributed by atoms with Gasteiger partial charge in [-0.3, -0.25) is 14.3 Å². The minimum Gasteiger partial charge on any atom is -0.391 e. The third-order valence-electron chi connectivity index (χ3n) is 2.11. The van der Waals surface area contributed by atoms with Gasteiger partial charge in [0.2, 0.25) is 0 Å². The Bertz CT molecular complexity index is 455. The fourth-order valence-corrected chi connectivity index (χ4v) is 1.24. The van der Waals surface area contributed by atoms with Crippen LogP contribution in [0, 0.1) is 0 Å². The van der Waals surface area contributed by atoms with Crippen LogP contribution in [0.15, 0.2) is 9.59 Å². The predicted octanol–water partition coefficient (Wildman–Crippen LogP) is -0.964. The molecule has 6 heteroatoms. The molecule has 1 aliphatic carbocycles. The van der Waals surface area contributed by atoms with E-state index in [1.807, 2.05) is 0 Å². The highest BCUT2D eigenvalue weighted by Gasteiger charge is 2.27. The largest absolute Gasteiger partial charge is 0.391 e. The van der Waals surface area contributed by atoms with Gasteiger partial charge in [-0.25, -0.2) is 4.79 Å². The van der Waals surface area contributed by atoms with E-state index in [1.165, 1.54) is 0 Å². The molecule has 5 N–H and O–H groups in total. The molecule has 0 aliphatic heterocycles. The number of nitrogens with zero attached hydrogens (tertiary/aromatic N) is 1. The smallest absolute Gasteiger partial charge is 0.330 e. The number of H-pyrrole nitrogens is 1. The maximum atomic E-state index is 11.4. The van der Waals surface area contributed by atoms with Crippen molar-refractivity contribution in [3.63, 3.8) is 0 Å². The first-order valence-electron chi connectivity index (χ1n) is 4.01. The Balaban J connectivity index is 2.75. The molecule has 1 fully saturated rings. The molecule has 0 unspecified atom stereocenters. The van der Waals surface area contributed by atoms with Crippen molar-refractivity contribution in [3.05, 3.63) is 20.8 Å². The molecule has 1 saturated carbocycles. The van der Waals surface area contributed by atoms with Gasteiger partial charge < -0.3 is 11.5 Å². The van der Waals surface area contributed by atoms with E-state index < -0.39 is 11.2 Å². The Kier molecular flexibility index (Phi) is 1.45. The summed E-state index contributed by atoms with van der Waals surface area (Å²) in [5.41, 5.74) is 9.67. The van der Waals surface area contributed by atoms with Crippen LogP contribution in [0.3, 0.4) is 0 Å². The van der Waals surface area contributed by atoms with Gasteiger partial charge in [0, 0.05) is 6.04 Å². The predicted molar refractivity (Wildman–Crippen MR) is 48.4 cm³/mol. The Hall–Kier alpha value is -1.72. The molecule has 1 aliphatic rings. The van der Waals surface area contributed by atoms with Crippen molar-refractivity contribution in [1.29, 1.82) is 0 Å². The molecule has 6 nitrogen and oxygen atoms in total. The highest BCUT2D eigenvalue weighted by molar-refractivity contribution is 5.55. The lowest BCUT2D eigenvalue weighted by molar-refractivity contribution is 0.660. The van der Waals surface area contributed by atoms with Crippen LogP contribution < -0.4 is 22.7 Å². The van der Waals surface area contributed by atoms with Crippen molar-refractivity contribution in [2.75, 3.05) is 11.5 Å². The summed E-state index contributed by atoms with van der Waals surface area (Å²) in [4.78, 5) is 25.0. The molecule has 1 aromatic heterocycles. The van der Waals surface area contributed by atoms with Gasteiger partial charge in [0.15, 0.2) is 0 Å². The number of nitrogens with one attached hydrogen (secondary N) is 1. The van der Waals surface area contributed by atoms with E-state index >= 15 is 0 Å². The van der Waals surface area contributed by atoms with Gasteiger partial charge in [0.05, 0.1) is 0 Å². The Morgan fingerprint density at radius 3 is 2.46 bits per heavy atom. The Morgan fingerprint density at radius 1 is 1.31 bits per heavy atom. The van der Waals surface area contributed by atoms with E-state index in [1.54, 1.807) is 0 Å². The van der Waals surface area contributed by atoms with E-state index in [0.717, 1.165) is 17.4 Å². The van der Waals surface area contributed by atoms with E-state index in [0.29, 0.717) is 0 Å². The van der Waals surface area contributed by atoms with Crippen LogP contribution in [-0.2, 0) is 0 Å². The van der Waals surface area contributed by atoms with Crippen LogP contribution in [0.1, 0.15) is 18.9 Å². The molecule has 0 spiro atoms. The zero-order valence-corrected chi connectivity index (χ0v) is 6.91. The molecule has 0 bridgehead atoms. The van der Waals surface area contributed by atoms with Crippen LogP contribution in [0.25, 0.3) is 0 Å². The van der Waals surface area contributed by atoms with Gasteiger partial charge in [-0.2, -0.15) is 0 Å². The third-order valence-corrected chi connectivity index (χ3v) is 2.11. The highest BCUT2D eigenvalue weighted by Crippen LogP contribution is 2.32. The molecule has 0 atom stereocenters. The topological polar surface area (TPSA) is 107 Å². The molecule has 0 aromatic carbocycles. The lowest BCUT2D eigenvalue weighted by atomic mass is 10.4. The van der Waals surface area contributed by atoms with Crippen molar-refractivity contribution in [3.8, 4) is 0 Å². The number of aromatic amines is 1. The lowest BCUT2D eigenvalue weighted by Crippen LogP contribution is -2.36. The SMILES string of the molecule is Nc1[nH]c(=O)n(C2CC2)c(=O)c1N. The van der Waals surface area contributed by atoms with Crippen molar-refractivity contribution < 1.29 is 0 Å². The molecule has 1 aromatic rings. The van der Waals surface area contributed by atoms with Gasteiger partial charge in [0.25, 0.3) is 5.56 Å². The van der Waals surface area contributed by atoms with E-state index in [-0.39, 0.29) is 17.5 Å². The van der Waals surface area contributed by atoms with E-state index in [9.17, 15) is 9.59 Å². The van der Waals surface area contributed by atoms with Gasteiger partial charge in [0.1, 0.15) is 11.5 Å². The molecule has 70 valence electrons. The van der Waals surface area contributed by atoms with Crippen LogP contribution in [-0.4, -0.2) is 9.55 Å². The molecule has 0 saturated heterocycles. The normalized spacial score (nSPS) is 16.0. The number of hydrogen-bond acceptors (Lipinski definition) is 4. The summed E-state index contributed by atoms with van der Waals surface area (Å²) in [7, 11) is 0. The molecule has 0 radical (unpaired) electrons. The first-order valence-corrected chi connectivity index (χ1v) is 4.01. The van der Waals surface area contributed by atoms with Gasteiger partial charge in [-0.1, -0.05) is 0 Å². The number of nitrogens with two attached hydrogens (primary N) is 2. The zero-order valence-electron chi connectivity index (χ0n) is 6.91. The van der Waals surface area contributed by atoms with Crippen molar-refractivity contribution in [1.82, 2.24) is 9.55 Å². The zero-order chi connectivity index (χ0) is 9.59. The quantitative estimate of drug-likeness (QED) is 0.519. The maximum Gasteiger partial charge on any atom is 0.330 e. The van der Waals surface area contributed by atoms with Crippen LogP contribution in [0.4, 0.5) is 11.5 Å². The first-order chi connectivity index (χ1) is 6.11. The number of rotatable bonds is 1. The molecule has 13 heavy (non-hydrogen) atoms. The summed E-state index contributed by atoms with van der Waals surface area (Å²) in [6.07, 6.45) is 1.71. The summed E-state index contributed by atoms with van der Waals surface area (Å²) in [5, 5.41) is 0. The molecule has 0 amide bonds. The van der Waals surface area contributed by atoms with Gasteiger partial charge >= 0.3 is 5.69 Å². The van der Waals surface area contributed by atoms with Gasteiger partial charge in [-0.15, -0.1) is 0 Å². The average molecular weight is 182 g/mol. The number of nitrogen functional groups attached to an aromatic ring is 2. The number of anilines is 2. The minimum atomic E-state index is -0.483. The standard InChI is InChI=1S/C7H10N4O2/c8-4-5(9)10-7(13)11(6(4)12)3-1-2-3/h3H,1-2,8-9H2,(H,10,13). The lowest BCUT2D eigenvalue weighted by Gasteiger charge is -2.04. The van der Waals surface area contributed by atoms with E-state index in [4.69, 9.17) is 11.5 Å². The second kappa shape index (κ2) is 2.38. The van der Waals surface area contributed by atoms with Crippen molar-refractivity contribution in [2.45, 2.75) is 18.9 Å². The Morgan fingerprint density at radius 2 is 1.92 bits per heavy atom. The fraction of sp³-hybridized carbons (Fsp3) is 0.429. The fourth-order valence-electron chi connectivity index (χ4n) is 1.24. The maximum absolute atomic E-state index is 11.4. The summed E-state index contributed by atoms with van der Waals surface area (Å²) in [6, 6.07) is 0.0131. The van der Waals surface area contributed by atoms with Crippen LogP contribution in [0.2, 0.25) is 0 Å². The summed E-state index contributed by atoms with van der Waals surface area (Å²) >= 11 is 0. The average Bonchev–Trinajstić information content (AvgIpc) is 2.84. The number of aromatic nitrogens is 2. The monoisotopic (exact) mass is 182 g/mol. The molecule has 2 rings (SSSR count). The summed E-state index contributed by atoms with van der Waals surface area (Å²) < 4.78 is 1.13. The minimum absolute atomic E-state index is 0.0131. The van der Waals surface area contributed by atoms with Crippen LogP contribution in [0.5, 0.6) is 0 Å². The first kappa shape index (κ1) is 7.90. The molecule has 1 heterocycles. The second-order valence-electron chi connectivity index (χ2n) is 3.16. The van der Waals surface area contributed by atoms with E-state index in [2.05, 4.69) is 4.98 Å². The number of hydrogen-bond donors (Lipinski definition) is 3. The Labute approximate surface area is 73.2 Å². The van der Waals surface area contributed by atoms with Crippen LogP contribution >= 0.6 is 0 Å². The molecular formula is C7H10N4O2. The van der Waals surface area contributed by atoms with Crippen molar-refractivity contribution >= 4 is 11.5 Å². The van der Waals surface area contributed by atoms with Gasteiger partial charge in [-0.05, 0) is 12.8 Å². The highest BCUT2D eigenvalue weighted by atomic mass is 16.2. The second-order valence-corrected chi connectivity index (χ2v) is 3.16.